The first-order valence-electron chi connectivity index (χ1n) is 7.55. The second-order valence-corrected chi connectivity index (χ2v) is 6.71. The SMILES string of the molecule is Cc1sc2ncn(/N=C\c3ccc4c(c3)OCCO4)c(=O)c2c1C. The van der Waals surface area contributed by atoms with Gasteiger partial charge in [0.05, 0.1) is 11.6 Å². The summed E-state index contributed by atoms with van der Waals surface area (Å²) in [7, 11) is 0. The van der Waals surface area contributed by atoms with Gasteiger partial charge in [0.2, 0.25) is 0 Å². The van der Waals surface area contributed by atoms with Crippen LogP contribution in [0.5, 0.6) is 11.5 Å². The third-order valence-corrected chi connectivity index (χ3v) is 5.09. The molecule has 3 heterocycles. The first kappa shape index (κ1) is 14.9. The van der Waals surface area contributed by atoms with Crippen molar-refractivity contribution >= 4 is 27.8 Å². The minimum atomic E-state index is -0.157. The van der Waals surface area contributed by atoms with E-state index in [2.05, 4.69) is 10.1 Å². The summed E-state index contributed by atoms with van der Waals surface area (Å²) >= 11 is 1.52. The van der Waals surface area contributed by atoms with Crippen LogP contribution in [0.3, 0.4) is 0 Å². The predicted molar refractivity (Wildman–Crippen MR) is 93.8 cm³/mol. The van der Waals surface area contributed by atoms with Crippen molar-refractivity contribution in [1.82, 2.24) is 9.66 Å². The number of aryl methyl sites for hydroxylation is 2. The van der Waals surface area contributed by atoms with E-state index >= 15 is 0 Å². The summed E-state index contributed by atoms with van der Waals surface area (Å²) in [6, 6.07) is 5.55. The Balaban J connectivity index is 1.71. The predicted octanol–water partition coefficient (Wildman–Crippen LogP) is 2.73. The van der Waals surface area contributed by atoms with E-state index in [9.17, 15) is 4.79 Å². The third-order valence-electron chi connectivity index (χ3n) is 3.97. The normalized spacial score (nSPS) is 13.8. The van der Waals surface area contributed by atoms with Crippen molar-refractivity contribution in [2.75, 3.05) is 13.2 Å². The molecule has 122 valence electrons. The van der Waals surface area contributed by atoms with Crippen molar-refractivity contribution in [1.29, 1.82) is 0 Å². The zero-order valence-corrected chi connectivity index (χ0v) is 14.1. The van der Waals surface area contributed by atoms with E-state index < -0.39 is 0 Å². The Morgan fingerprint density at radius 2 is 2.04 bits per heavy atom. The molecule has 4 rings (SSSR count). The number of ether oxygens (including phenoxy) is 2. The lowest BCUT2D eigenvalue weighted by Gasteiger charge is -2.18. The summed E-state index contributed by atoms with van der Waals surface area (Å²) in [6.45, 7) is 5.02. The molecule has 0 saturated heterocycles. The molecule has 0 spiro atoms. The molecule has 3 aromatic rings. The molecular weight excluding hydrogens is 326 g/mol. The van der Waals surface area contributed by atoms with Crippen molar-refractivity contribution in [3.05, 3.63) is 50.9 Å². The number of hydrogen-bond acceptors (Lipinski definition) is 6. The fourth-order valence-corrected chi connectivity index (χ4v) is 3.56. The Bertz CT molecular complexity index is 1020. The van der Waals surface area contributed by atoms with Gasteiger partial charge in [0, 0.05) is 4.88 Å². The lowest BCUT2D eigenvalue weighted by molar-refractivity contribution is 0.171. The Kier molecular flexibility index (Phi) is 3.57. The van der Waals surface area contributed by atoms with Gasteiger partial charge >= 0.3 is 0 Å². The van der Waals surface area contributed by atoms with Gasteiger partial charge in [-0.1, -0.05) is 0 Å². The highest BCUT2D eigenvalue weighted by molar-refractivity contribution is 7.18. The molecule has 0 bridgehead atoms. The van der Waals surface area contributed by atoms with Gasteiger partial charge in [-0.25, -0.2) is 4.98 Å². The highest BCUT2D eigenvalue weighted by atomic mass is 32.1. The molecule has 0 unspecified atom stereocenters. The van der Waals surface area contributed by atoms with Crippen LogP contribution in [-0.2, 0) is 0 Å². The van der Waals surface area contributed by atoms with Crippen molar-refractivity contribution in [3.63, 3.8) is 0 Å². The van der Waals surface area contributed by atoms with E-state index in [0.717, 1.165) is 26.6 Å². The topological polar surface area (TPSA) is 65.7 Å². The van der Waals surface area contributed by atoms with Gasteiger partial charge in [-0.3, -0.25) is 4.79 Å². The molecule has 1 aromatic carbocycles. The van der Waals surface area contributed by atoms with Crippen molar-refractivity contribution in [2.45, 2.75) is 13.8 Å². The Morgan fingerprint density at radius 1 is 1.25 bits per heavy atom. The lowest BCUT2D eigenvalue weighted by atomic mass is 10.2. The van der Waals surface area contributed by atoms with Crippen LogP contribution in [0.1, 0.15) is 16.0 Å². The summed E-state index contributed by atoms with van der Waals surface area (Å²) in [6.07, 6.45) is 3.07. The summed E-state index contributed by atoms with van der Waals surface area (Å²) in [5, 5.41) is 4.89. The molecule has 1 aliphatic rings. The summed E-state index contributed by atoms with van der Waals surface area (Å²) < 4.78 is 12.3. The quantitative estimate of drug-likeness (QED) is 0.672. The van der Waals surface area contributed by atoms with Crippen molar-refractivity contribution in [2.24, 2.45) is 5.10 Å². The molecule has 0 aliphatic carbocycles. The first-order chi connectivity index (χ1) is 11.6. The van der Waals surface area contributed by atoms with Crippen LogP contribution in [-0.4, -0.2) is 29.1 Å². The average Bonchev–Trinajstić information content (AvgIpc) is 2.89. The number of aromatic nitrogens is 2. The lowest BCUT2D eigenvalue weighted by Crippen LogP contribution is -2.17. The maximum Gasteiger partial charge on any atom is 0.282 e. The first-order valence-corrected chi connectivity index (χ1v) is 8.36. The molecule has 0 radical (unpaired) electrons. The Hall–Kier alpha value is -2.67. The number of thiophene rings is 1. The van der Waals surface area contributed by atoms with Crippen LogP contribution in [0, 0.1) is 13.8 Å². The van der Waals surface area contributed by atoms with Gasteiger partial charge < -0.3 is 9.47 Å². The van der Waals surface area contributed by atoms with E-state index in [-0.39, 0.29) is 5.56 Å². The largest absolute Gasteiger partial charge is 0.486 e. The number of nitrogens with zero attached hydrogens (tertiary/aromatic N) is 3. The van der Waals surface area contributed by atoms with E-state index in [1.54, 1.807) is 6.21 Å². The minimum absolute atomic E-state index is 0.157. The van der Waals surface area contributed by atoms with Gasteiger partial charge in [-0.2, -0.15) is 9.78 Å². The van der Waals surface area contributed by atoms with E-state index in [4.69, 9.17) is 9.47 Å². The van der Waals surface area contributed by atoms with Gasteiger partial charge in [-0.15, -0.1) is 11.3 Å². The Labute approximate surface area is 142 Å². The molecule has 0 saturated carbocycles. The average molecular weight is 341 g/mol. The molecule has 24 heavy (non-hydrogen) atoms. The maximum absolute atomic E-state index is 12.6. The zero-order chi connectivity index (χ0) is 16.7. The molecule has 1 aliphatic heterocycles. The van der Waals surface area contributed by atoms with Gasteiger partial charge in [0.1, 0.15) is 24.4 Å². The number of benzene rings is 1. The Morgan fingerprint density at radius 3 is 2.88 bits per heavy atom. The van der Waals surface area contributed by atoms with E-state index in [0.29, 0.717) is 24.3 Å². The van der Waals surface area contributed by atoms with E-state index in [1.165, 1.54) is 22.3 Å². The van der Waals surface area contributed by atoms with Crippen LogP contribution < -0.4 is 15.0 Å². The second-order valence-electron chi connectivity index (χ2n) is 5.51. The highest BCUT2D eigenvalue weighted by Gasteiger charge is 2.12. The van der Waals surface area contributed by atoms with Crippen LogP contribution >= 0.6 is 11.3 Å². The molecule has 0 amide bonds. The zero-order valence-electron chi connectivity index (χ0n) is 13.3. The van der Waals surface area contributed by atoms with E-state index in [1.807, 2.05) is 32.0 Å². The smallest absolute Gasteiger partial charge is 0.282 e. The summed E-state index contributed by atoms with van der Waals surface area (Å²) in [4.78, 5) is 18.8. The number of fused-ring (bicyclic) bond motifs is 2. The standard InChI is InChI=1S/C17H15N3O3S/c1-10-11(2)24-16-15(10)17(21)20(9-18-16)19-8-12-3-4-13-14(7-12)23-6-5-22-13/h3-4,7-9H,5-6H2,1-2H3/b19-8-. The maximum atomic E-state index is 12.6. The van der Waals surface area contributed by atoms with Crippen molar-refractivity contribution < 1.29 is 9.47 Å². The monoisotopic (exact) mass is 341 g/mol. The van der Waals surface area contributed by atoms with Crippen LogP contribution in [0.2, 0.25) is 0 Å². The highest BCUT2D eigenvalue weighted by Crippen LogP contribution is 2.30. The number of rotatable bonds is 2. The molecule has 0 fully saturated rings. The fourth-order valence-electron chi connectivity index (χ4n) is 2.58. The van der Waals surface area contributed by atoms with Gasteiger partial charge in [0.15, 0.2) is 11.5 Å². The molecule has 7 heteroatoms. The molecular formula is C17H15N3O3S. The summed E-state index contributed by atoms with van der Waals surface area (Å²) in [5.74, 6) is 1.42. The van der Waals surface area contributed by atoms with Gasteiger partial charge in [-0.05, 0) is 43.2 Å². The summed E-state index contributed by atoms with van der Waals surface area (Å²) in [5.41, 5.74) is 1.64. The minimum Gasteiger partial charge on any atom is -0.486 e. The van der Waals surface area contributed by atoms with Gasteiger partial charge in [0.25, 0.3) is 5.56 Å². The molecule has 0 N–H and O–H groups in total. The third kappa shape index (κ3) is 2.46. The molecule has 2 aromatic heterocycles. The van der Waals surface area contributed by atoms with Crippen LogP contribution in [0.4, 0.5) is 0 Å². The van der Waals surface area contributed by atoms with Crippen molar-refractivity contribution in [3.8, 4) is 11.5 Å². The van der Waals surface area contributed by atoms with Crippen LogP contribution in [0.15, 0.2) is 34.4 Å². The second kappa shape index (κ2) is 5.76. The number of hydrogen-bond donors (Lipinski definition) is 0. The van der Waals surface area contributed by atoms with Crippen LogP contribution in [0.25, 0.3) is 10.2 Å². The fraction of sp³-hybridized carbons (Fsp3) is 0.235. The molecule has 0 atom stereocenters. The molecule has 6 nitrogen and oxygen atoms in total.